The number of amides is 1. The highest BCUT2D eigenvalue weighted by molar-refractivity contribution is 6.37. The number of hydrogen-bond donors (Lipinski definition) is 1. The van der Waals surface area contributed by atoms with E-state index in [-0.39, 0.29) is 17.1 Å². The van der Waals surface area contributed by atoms with Crippen molar-refractivity contribution in [2.24, 2.45) is 0 Å². The van der Waals surface area contributed by atoms with Gasteiger partial charge in [-0.25, -0.2) is 4.79 Å². The number of nitrogens with zero attached hydrogens (tertiary/aromatic N) is 3. The Balaban J connectivity index is 2.24. The number of carboxylic acids is 1. The third-order valence-electron chi connectivity index (χ3n) is 2.67. The Morgan fingerprint density at radius 2 is 1.82 bits per heavy atom. The van der Waals surface area contributed by atoms with Crippen LogP contribution in [0.4, 0.5) is 18.9 Å². The third-order valence-corrected chi connectivity index (χ3v) is 2.67. The van der Waals surface area contributed by atoms with E-state index >= 15 is 0 Å². The fourth-order valence-corrected chi connectivity index (χ4v) is 1.55. The Labute approximate surface area is 121 Å². The zero-order valence-corrected chi connectivity index (χ0v) is 11.0. The molecule has 0 bridgehead atoms. The lowest BCUT2D eigenvalue weighted by Gasteiger charge is -2.14. The van der Waals surface area contributed by atoms with E-state index in [4.69, 9.17) is 5.11 Å². The van der Waals surface area contributed by atoms with Crippen molar-refractivity contribution in [3.05, 3.63) is 30.2 Å². The summed E-state index contributed by atoms with van der Waals surface area (Å²) in [6.07, 6.45) is -4.74. The van der Waals surface area contributed by atoms with Crippen molar-refractivity contribution < 1.29 is 32.4 Å². The van der Waals surface area contributed by atoms with E-state index in [1.165, 1.54) is 31.3 Å². The summed E-state index contributed by atoms with van der Waals surface area (Å²) in [5, 5.41) is 11.8. The second-order valence-corrected chi connectivity index (χ2v) is 4.14. The molecule has 116 valence electrons. The topological polar surface area (TPSA) is 96.5 Å². The molecule has 10 heteroatoms. The normalized spacial score (nSPS) is 11.3. The zero-order chi connectivity index (χ0) is 16.5. The van der Waals surface area contributed by atoms with Gasteiger partial charge in [-0.2, -0.15) is 18.2 Å². The molecule has 7 nitrogen and oxygen atoms in total. The molecule has 1 N–H and O–H groups in total. The lowest BCUT2D eigenvalue weighted by atomic mass is 10.2. The van der Waals surface area contributed by atoms with Crippen molar-refractivity contribution in [1.82, 2.24) is 10.1 Å². The van der Waals surface area contributed by atoms with Crippen molar-refractivity contribution in [2.75, 3.05) is 11.9 Å². The molecule has 0 aliphatic heterocycles. The molecule has 0 unspecified atom stereocenters. The largest absolute Gasteiger partial charge is 0.474 e. The number of carbonyl (C=O) groups excluding carboxylic acids is 1. The predicted octanol–water partition coefficient (Wildman–Crippen LogP) is 1.80. The van der Waals surface area contributed by atoms with Crippen LogP contribution < -0.4 is 4.90 Å². The Kier molecular flexibility index (Phi) is 3.85. The van der Waals surface area contributed by atoms with Crippen molar-refractivity contribution in [3.63, 3.8) is 0 Å². The van der Waals surface area contributed by atoms with Crippen LogP contribution in [0.1, 0.15) is 5.89 Å². The summed E-state index contributed by atoms with van der Waals surface area (Å²) in [5.74, 6) is -4.51. The molecule has 1 heterocycles. The second kappa shape index (κ2) is 5.47. The smallest absolute Gasteiger partial charge is 0.471 e. The first-order chi connectivity index (χ1) is 10.2. The predicted molar refractivity (Wildman–Crippen MR) is 65.8 cm³/mol. The first-order valence-corrected chi connectivity index (χ1v) is 5.72. The van der Waals surface area contributed by atoms with Gasteiger partial charge < -0.3 is 14.5 Å². The Hall–Kier alpha value is -2.91. The van der Waals surface area contributed by atoms with Crippen LogP contribution in [0.3, 0.4) is 0 Å². The zero-order valence-electron chi connectivity index (χ0n) is 11.0. The number of anilines is 1. The summed E-state index contributed by atoms with van der Waals surface area (Å²) in [4.78, 5) is 25.9. The summed E-state index contributed by atoms with van der Waals surface area (Å²) in [6, 6.07) is 5.37. The molecule has 22 heavy (non-hydrogen) atoms. The maximum absolute atomic E-state index is 12.4. The number of aliphatic carboxylic acids is 1. The maximum Gasteiger partial charge on any atom is 0.471 e. The van der Waals surface area contributed by atoms with Gasteiger partial charge in [-0.3, -0.25) is 4.79 Å². The van der Waals surface area contributed by atoms with E-state index in [1.807, 2.05) is 0 Å². The standard InChI is InChI=1S/C12H8F3N3O4/c1-18(9(19)10(20)21)7-4-2-6(3-5-7)8-16-11(22-17-8)12(13,14)15/h2-5H,1H3,(H,20,21). The highest BCUT2D eigenvalue weighted by Gasteiger charge is 2.38. The number of hydrogen-bond acceptors (Lipinski definition) is 5. The Morgan fingerprint density at radius 3 is 2.27 bits per heavy atom. The number of alkyl halides is 3. The molecule has 0 aliphatic rings. The molecule has 1 aromatic heterocycles. The van der Waals surface area contributed by atoms with Crippen molar-refractivity contribution in [2.45, 2.75) is 6.18 Å². The average Bonchev–Trinajstić information content (AvgIpc) is 2.95. The highest BCUT2D eigenvalue weighted by Crippen LogP contribution is 2.29. The third kappa shape index (κ3) is 3.05. The molecule has 0 aliphatic carbocycles. The van der Waals surface area contributed by atoms with E-state index < -0.39 is 23.9 Å². The van der Waals surface area contributed by atoms with Gasteiger partial charge in [-0.1, -0.05) is 5.16 Å². The number of rotatable bonds is 2. The number of halogens is 3. The lowest BCUT2D eigenvalue weighted by Crippen LogP contribution is -2.32. The first-order valence-electron chi connectivity index (χ1n) is 5.72. The van der Waals surface area contributed by atoms with Gasteiger partial charge >= 0.3 is 23.9 Å². The van der Waals surface area contributed by atoms with Gasteiger partial charge in [0.05, 0.1) is 0 Å². The minimum Gasteiger partial charge on any atom is -0.474 e. The van der Waals surface area contributed by atoms with E-state index in [0.29, 0.717) is 0 Å². The minimum absolute atomic E-state index is 0.221. The summed E-state index contributed by atoms with van der Waals surface area (Å²) >= 11 is 0. The molecule has 0 saturated carbocycles. The molecular formula is C12H8F3N3O4. The summed E-state index contributed by atoms with van der Waals surface area (Å²) in [7, 11) is 1.25. The molecule has 0 spiro atoms. The van der Waals surface area contributed by atoms with Gasteiger partial charge in [0, 0.05) is 18.3 Å². The van der Waals surface area contributed by atoms with Crippen LogP contribution in [0.25, 0.3) is 11.4 Å². The van der Waals surface area contributed by atoms with E-state index in [0.717, 1.165) is 4.90 Å². The van der Waals surface area contributed by atoms with E-state index in [1.54, 1.807) is 0 Å². The molecule has 0 atom stereocenters. The van der Waals surface area contributed by atoms with Gasteiger partial charge in [0.25, 0.3) is 0 Å². The van der Waals surface area contributed by atoms with Gasteiger partial charge in [0.2, 0.25) is 5.82 Å². The Morgan fingerprint density at radius 1 is 1.23 bits per heavy atom. The van der Waals surface area contributed by atoms with E-state index in [2.05, 4.69) is 14.7 Å². The van der Waals surface area contributed by atoms with E-state index in [9.17, 15) is 22.8 Å². The van der Waals surface area contributed by atoms with Crippen molar-refractivity contribution >= 4 is 17.6 Å². The van der Waals surface area contributed by atoms with Crippen LogP contribution >= 0.6 is 0 Å². The fraction of sp³-hybridized carbons (Fsp3) is 0.167. The molecule has 1 aromatic carbocycles. The van der Waals surface area contributed by atoms with Gasteiger partial charge in [-0.05, 0) is 24.3 Å². The monoisotopic (exact) mass is 315 g/mol. The number of likely N-dealkylation sites (N-methyl/N-ethyl adjacent to an activating group) is 1. The first kappa shape index (κ1) is 15.5. The fourth-order valence-electron chi connectivity index (χ4n) is 1.55. The second-order valence-electron chi connectivity index (χ2n) is 4.14. The van der Waals surface area contributed by atoms with Crippen molar-refractivity contribution in [3.8, 4) is 11.4 Å². The molecule has 2 rings (SSSR count). The maximum atomic E-state index is 12.4. The summed E-state index contributed by atoms with van der Waals surface area (Å²) in [5.41, 5.74) is 0.467. The number of carbonyl (C=O) groups is 2. The van der Waals surface area contributed by atoms with Crippen LogP contribution in [0.5, 0.6) is 0 Å². The molecule has 1 amide bonds. The molecule has 0 fully saturated rings. The summed E-state index contributed by atoms with van der Waals surface area (Å²) < 4.78 is 41.2. The number of carboxylic acid groups (broad SMARTS) is 1. The van der Waals surface area contributed by atoms with Gasteiger partial charge in [0.1, 0.15) is 0 Å². The molecule has 0 saturated heterocycles. The van der Waals surface area contributed by atoms with Gasteiger partial charge in [-0.15, -0.1) is 0 Å². The van der Waals surface area contributed by atoms with Gasteiger partial charge in [0.15, 0.2) is 0 Å². The SMILES string of the molecule is CN(C(=O)C(=O)O)c1ccc(-c2noc(C(F)(F)F)n2)cc1. The van der Waals surface area contributed by atoms with Crippen LogP contribution in [0.15, 0.2) is 28.8 Å². The van der Waals surface area contributed by atoms with Crippen LogP contribution in [-0.4, -0.2) is 34.2 Å². The van der Waals surface area contributed by atoms with Crippen LogP contribution in [-0.2, 0) is 15.8 Å². The lowest BCUT2D eigenvalue weighted by molar-refractivity contribution is -0.159. The minimum atomic E-state index is -4.74. The van der Waals surface area contributed by atoms with Crippen LogP contribution in [0.2, 0.25) is 0 Å². The molecule has 0 radical (unpaired) electrons. The quantitative estimate of drug-likeness (QED) is 0.849. The highest BCUT2D eigenvalue weighted by atomic mass is 19.4. The van der Waals surface area contributed by atoms with Crippen molar-refractivity contribution in [1.29, 1.82) is 0 Å². The summed E-state index contributed by atoms with van der Waals surface area (Å²) in [6.45, 7) is 0. The number of aromatic nitrogens is 2. The molecular weight excluding hydrogens is 307 g/mol. The Bertz CT molecular complexity index is 709. The average molecular weight is 315 g/mol. The van der Waals surface area contributed by atoms with Crippen LogP contribution in [0, 0.1) is 0 Å². The number of benzene rings is 1. The molecule has 2 aromatic rings.